The minimum atomic E-state index is -0.289. The van der Waals surface area contributed by atoms with Crippen molar-refractivity contribution in [1.82, 2.24) is 9.80 Å². The van der Waals surface area contributed by atoms with Crippen LogP contribution in [0.4, 0.5) is 0 Å². The Morgan fingerprint density at radius 3 is 2.45 bits per heavy atom. The van der Waals surface area contributed by atoms with Gasteiger partial charge in [-0.05, 0) is 42.6 Å². The fourth-order valence-electron chi connectivity index (χ4n) is 4.91. The Balaban J connectivity index is 1.47. The van der Waals surface area contributed by atoms with Gasteiger partial charge in [-0.1, -0.05) is 36.4 Å². The minimum Gasteiger partial charge on any atom is -0.490 e. The Labute approximate surface area is 183 Å². The topological polar surface area (TPSA) is 51.2 Å². The molecule has 2 aromatic carbocycles. The molecule has 164 valence electrons. The summed E-state index contributed by atoms with van der Waals surface area (Å²) < 4.78 is 17.2. The van der Waals surface area contributed by atoms with Crippen LogP contribution in [0.2, 0.25) is 0 Å². The average molecular weight is 423 g/mol. The third-order valence-electron chi connectivity index (χ3n) is 6.45. The summed E-state index contributed by atoms with van der Waals surface area (Å²) in [5.41, 5.74) is 2.25. The molecule has 0 saturated carbocycles. The standard InChI is InChI=1S/C25H30N2O4/c28-25(26-12-16-29-17-13-26)24(19-6-2-1-3-7-19)27-11-4-8-21(27)20-9-10-22-23(18-20)31-15-5-14-30-22/h1-3,6-7,9-10,18,21,24H,4-5,8,11-17H2/t21-,24+/m1/s1. The predicted octanol–water partition coefficient (Wildman–Crippen LogP) is 3.58. The number of ether oxygens (including phenoxy) is 3. The summed E-state index contributed by atoms with van der Waals surface area (Å²) in [5.74, 6) is 1.81. The Morgan fingerprint density at radius 1 is 0.871 bits per heavy atom. The van der Waals surface area contributed by atoms with Gasteiger partial charge in [0.15, 0.2) is 11.5 Å². The number of nitrogens with zero attached hydrogens (tertiary/aromatic N) is 2. The smallest absolute Gasteiger partial charge is 0.244 e. The van der Waals surface area contributed by atoms with Gasteiger partial charge in [0, 0.05) is 25.6 Å². The Morgan fingerprint density at radius 2 is 1.65 bits per heavy atom. The van der Waals surface area contributed by atoms with Crippen molar-refractivity contribution in [1.29, 1.82) is 0 Å². The molecule has 2 aromatic rings. The first-order valence-electron chi connectivity index (χ1n) is 11.4. The lowest BCUT2D eigenvalue weighted by Crippen LogP contribution is -2.47. The SMILES string of the molecule is O=C([C@H](c1ccccc1)N1CCC[C@@H]1c1ccc2c(c1)OCCCO2)N1CCOCC1. The molecular formula is C25H30N2O4. The highest BCUT2D eigenvalue weighted by Gasteiger charge is 2.39. The van der Waals surface area contributed by atoms with Crippen LogP contribution in [0.1, 0.15) is 42.5 Å². The molecule has 0 spiro atoms. The molecule has 31 heavy (non-hydrogen) atoms. The average Bonchev–Trinajstić information content (AvgIpc) is 3.17. The van der Waals surface area contributed by atoms with E-state index in [0.717, 1.165) is 42.9 Å². The first-order valence-corrected chi connectivity index (χ1v) is 11.4. The summed E-state index contributed by atoms with van der Waals surface area (Å²) in [6, 6.07) is 16.4. The van der Waals surface area contributed by atoms with Crippen LogP contribution in [0.5, 0.6) is 11.5 Å². The van der Waals surface area contributed by atoms with Crippen LogP contribution in [-0.2, 0) is 9.53 Å². The molecule has 0 unspecified atom stereocenters. The van der Waals surface area contributed by atoms with Crippen molar-refractivity contribution < 1.29 is 19.0 Å². The van der Waals surface area contributed by atoms with Gasteiger partial charge < -0.3 is 19.1 Å². The number of carbonyl (C=O) groups is 1. The molecule has 0 aliphatic carbocycles. The van der Waals surface area contributed by atoms with E-state index in [1.165, 1.54) is 5.56 Å². The van der Waals surface area contributed by atoms with Gasteiger partial charge in [-0.3, -0.25) is 9.69 Å². The van der Waals surface area contributed by atoms with E-state index in [4.69, 9.17) is 14.2 Å². The molecule has 1 amide bonds. The molecule has 6 heteroatoms. The molecule has 0 bridgehead atoms. The maximum absolute atomic E-state index is 13.7. The summed E-state index contributed by atoms with van der Waals surface area (Å²) in [6.07, 6.45) is 2.99. The number of hydrogen-bond donors (Lipinski definition) is 0. The molecule has 5 rings (SSSR count). The molecule has 2 fully saturated rings. The number of rotatable bonds is 4. The number of hydrogen-bond acceptors (Lipinski definition) is 5. The Bertz CT molecular complexity index is 898. The highest BCUT2D eigenvalue weighted by molar-refractivity contribution is 5.83. The normalized spacial score (nSPS) is 22.7. The fraction of sp³-hybridized carbons (Fsp3) is 0.480. The lowest BCUT2D eigenvalue weighted by atomic mass is 9.98. The minimum absolute atomic E-state index is 0.173. The summed E-state index contributed by atoms with van der Waals surface area (Å²) in [5, 5.41) is 0. The van der Waals surface area contributed by atoms with Crippen molar-refractivity contribution in [2.24, 2.45) is 0 Å². The van der Waals surface area contributed by atoms with Crippen LogP contribution in [0.15, 0.2) is 48.5 Å². The van der Waals surface area contributed by atoms with Gasteiger partial charge in [0.2, 0.25) is 5.91 Å². The Hall–Kier alpha value is -2.57. The van der Waals surface area contributed by atoms with E-state index in [9.17, 15) is 4.79 Å². The lowest BCUT2D eigenvalue weighted by molar-refractivity contribution is -0.142. The highest BCUT2D eigenvalue weighted by atomic mass is 16.5. The van der Waals surface area contributed by atoms with Crippen molar-refractivity contribution in [2.75, 3.05) is 46.1 Å². The van der Waals surface area contributed by atoms with Gasteiger partial charge in [0.05, 0.1) is 26.4 Å². The monoisotopic (exact) mass is 422 g/mol. The van der Waals surface area contributed by atoms with Crippen molar-refractivity contribution in [3.63, 3.8) is 0 Å². The van der Waals surface area contributed by atoms with E-state index in [-0.39, 0.29) is 18.0 Å². The van der Waals surface area contributed by atoms with Gasteiger partial charge in [-0.15, -0.1) is 0 Å². The third-order valence-corrected chi connectivity index (χ3v) is 6.45. The van der Waals surface area contributed by atoms with E-state index in [2.05, 4.69) is 29.2 Å². The zero-order chi connectivity index (χ0) is 21.0. The zero-order valence-electron chi connectivity index (χ0n) is 17.9. The molecule has 0 radical (unpaired) electrons. The summed E-state index contributed by atoms with van der Waals surface area (Å²) in [4.78, 5) is 18.1. The number of fused-ring (bicyclic) bond motifs is 1. The second-order valence-electron chi connectivity index (χ2n) is 8.40. The molecule has 6 nitrogen and oxygen atoms in total. The van der Waals surface area contributed by atoms with Gasteiger partial charge >= 0.3 is 0 Å². The largest absolute Gasteiger partial charge is 0.490 e. The molecule has 3 aliphatic rings. The first kappa shape index (κ1) is 20.3. The number of likely N-dealkylation sites (tertiary alicyclic amines) is 1. The number of amides is 1. The fourth-order valence-corrected chi connectivity index (χ4v) is 4.91. The van der Waals surface area contributed by atoms with E-state index < -0.39 is 0 Å². The second kappa shape index (κ2) is 9.28. The van der Waals surface area contributed by atoms with Crippen LogP contribution in [0.25, 0.3) is 0 Å². The first-order chi connectivity index (χ1) is 15.3. The van der Waals surface area contributed by atoms with Gasteiger partial charge in [0.1, 0.15) is 6.04 Å². The zero-order valence-corrected chi connectivity index (χ0v) is 17.9. The quantitative estimate of drug-likeness (QED) is 0.754. The van der Waals surface area contributed by atoms with E-state index in [1.807, 2.05) is 29.2 Å². The summed E-state index contributed by atoms with van der Waals surface area (Å²) in [6.45, 7) is 4.79. The Kier molecular flexibility index (Phi) is 6.09. The van der Waals surface area contributed by atoms with Gasteiger partial charge in [0.25, 0.3) is 0 Å². The van der Waals surface area contributed by atoms with Crippen molar-refractivity contribution >= 4 is 5.91 Å². The van der Waals surface area contributed by atoms with Gasteiger partial charge in [-0.2, -0.15) is 0 Å². The summed E-state index contributed by atoms with van der Waals surface area (Å²) in [7, 11) is 0. The third kappa shape index (κ3) is 4.27. The van der Waals surface area contributed by atoms with Crippen LogP contribution in [0.3, 0.4) is 0 Å². The van der Waals surface area contributed by atoms with Crippen molar-refractivity contribution in [3.05, 3.63) is 59.7 Å². The van der Waals surface area contributed by atoms with Crippen LogP contribution in [0, 0.1) is 0 Å². The predicted molar refractivity (Wildman–Crippen MR) is 117 cm³/mol. The maximum atomic E-state index is 13.7. The van der Waals surface area contributed by atoms with Crippen molar-refractivity contribution in [3.8, 4) is 11.5 Å². The summed E-state index contributed by atoms with van der Waals surface area (Å²) >= 11 is 0. The number of carbonyl (C=O) groups excluding carboxylic acids is 1. The van der Waals surface area contributed by atoms with E-state index in [1.54, 1.807) is 0 Å². The molecule has 2 atom stereocenters. The molecule has 0 aromatic heterocycles. The molecule has 2 saturated heterocycles. The molecular weight excluding hydrogens is 392 g/mol. The molecule has 3 heterocycles. The van der Waals surface area contributed by atoms with E-state index in [0.29, 0.717) is 39.5 Å². The van der Waals surface area contributed by atoms with E-state index >= 15 is 0 Å². The molecule has 3 aliphatic heterocycles. The lowest BCUT2D eigenvalue weighted by Gasteiger charge is -2.37. The number of benzene rings is 2. The second-order valence-corrected chi connectivity index (χ2v) is 8.40. The van der Waals surface area contributed by atoms with Crippen LogP contribution in [-0.4, -0.2) is 61.8 Å². The van der Waals surface area contributed by atoms with Crippen LogP contribution >= 0.6 is 0 Å². The van der Waals surface area contributed by atoms with Crippen LogP contribution < -0.4 is 9.47 Å². The molecule has 0 N–H and O–H groups in total. The van der Waals surface area contributed by atoms with Gasteiger partial charge in [-0.25, -0.2) is 0 Å². The number of morpholine rings is 1. The highest BCUT2D eigenvalue weighted by Crippen LogP contribution is 2.42. The van der Waals surface area contributed by atoms with Crippen molar-refractivity contribution in [2.45, 2.75) is 31.3 Å². The maximum Gasteiger partial charge on any atom is 0.244 e.